The van der Waals surface area contributed by atoms with E-state index < -0.39 is 9.84 Å². The first kappa shape index (κ1) is 31.2. The summed E-state index contributed by atoms with van der Waals surface area (Å²) in [6, 6.07) is 30.9. The first-order chi connectivity index (χ1) is 23.3. The largest absolute Gasteiger partial charge is 0.340 e. The fraction of sp³-hybridized carbons (Fsp3) is 0.189. The van der Waals surface area contributed by atoms with Gasteiger partial charge in [-0.05, 0) is 86.1 Å². The molecule has 1 atom stereocenters. The van der Waals surface area contributed by atoms with Gasteiger partial charge in [0.15, 0.2) is 0 Å². The summed E-state index contributed by atoms with van der Waals surface area (Å²) < 4.78 is 29.0. The smallest absolute Gasteiger partial charge is 0.276 e. The Morgan fingerprint density at radius 2 is 1.65 bits per heavy atom. The number of pyridine rings is 2. The second-order valence-electron chi connectivity index (χ2n) is 12.0. The minimum atomic E-state index is -3.92. The molecule has 0 spiro atoms. The molecule has 6 aromatic rings. The van der Waals surface area contributed by atoms with E-state index in [0.29, 0.717) is 28.6 Å². The van der Waals surface area contributed by atoms with Gasteiger partial charge in [0.2, 0.25) is 15.8 Å². The van der Waals surface area contributed by atoms with E-state index in [9.17, 15) is 13.2 Å². The number of sulfone groups is 1. The first-order valence-corrected chi connectivity index (χ1v) is 17.3. The number of nitrogens with one attached hydrogen (secondary N) is 1. The Bertz CT molecular complexity index is 2240. The molecule has 0 saturated carbocycles. The van der Waals surface area contributed by atoms with Crippen LogP contribution in [0, 0.1) is 0 Å². The van der Waals surface area contributed by atoms with Gasteiger partial charge in [-0.25, -0.2) is 13.4 Å². The molecule has 11 heteroatoms. The number of hydrogen-bond acceptors (Lipinski definition) is 9. The SMILES string of the molecule is CN1CCC(c2ccc(Nc3ncc4cc(N(C)c5ccccc5)c(=O)n(Cc5ncccc5S(=O)(=O)c5ccccc5)c4n3)cc2)C1. The van der Waals surface area contributed by atoms with Gasteiger partial charge in [0.25, 0.3) is 5.56 Å². The van der Waals surface area contributed by atoms with Crippen LogP contribution in [0.15, 0.2) is 130 Å². The molecule has 0 amide bonds. The molecule has 1 aliphatic heterocycles. The Balaban J connectivity index is 1.31. The summed E-state index contributed by atoms with van der Waals surface area (Å²) in [5.74, 6) is 0.826. The third-order valence-electron chi connectivity index (χ3n) is 8.84. The van der Waals surface area contributed by atoms with Crippen molar-refractivity contribution in [3.63, 3.8) is 0 Å². The third kappa shape index (κ3) is 6.17. The number of para-hydroxylation sites is 1. The van der Waals surface area contributed by atoms with Crippen LogP contribution < -0.4 is 15.8 Å². The maximum absolute atomic E-state index is 14.3. The summed E-state index contributed by atoms with van der Waals surface area (Å²) in [4.78, 5) is 32.5. The monoisotopic (exact) mass is 657 g/mol. The number of benzene rings is 3. The van der Waals surface area contributed by atoms with Crippen LogP contribution in [0.3, 0.4) is 0 Å². The van der Waals surface area contributed by atoms with Crippen molar-refractivity contribution >= 4 is 43.9 Å². The van der Waals surface area contributed by atoms with E-state index in [1.165, 1.54) is 22.4 Å². The van der Waals surface area contributed by atoms with Gasteiger partial charge in [-0.3, -0.25) is 14.3 Å². The van der Waals surface area contributed by atoms with E-state index in [4.69, 9.17) is 4.98 Å². The fourth-order valence-electron chi connectivity index (χ4n) is 6.22. The maximum atomic E-state index is 14.3. The standard InChI is InChI=1S/C37H35N7O3S/c1-42-21-19-27(24-42)26-15-17-29(18-16-26)40-37-39-23-28-22-33(43(2)30-10-5-3-6-11-30)36(45)44(35(28)41-37)25-32-34(14-9-20-38-32)48(46,47)31-12-7-4-8-13-31/h3-18,20,22-23,27H,19,21,24-25H2,1-2H3,(H,39,40,41). The molecule has 3 aromatic carbocycles. The molecule has 1 fully saturated rings. The predicted molar refractivity (Wildman–Crippen MR) is 188 cm³/mol. The highest BCUT2D eigenvalue weighted by Gasteiger charge is 2.24. The molecule has 4 heterocycles. The van der Waals surface area contributed by atoms with Crippen molar-refractivity contribution in [3.05, 3.63) is 137 Å². The predicted octanol–water partition coefficient (Wildman–Crippen LogP) is 6.00. The van der Waals surface area contributed by atoms with Crippen LogP contribution in [-0.2, 0) is 16.4 Å². The van der Waals surface area contributed by atoms with Crippen LogP contribution in [0.25, 0.3) is 11.0 Å². The maximum Gasteiger partial charge on any atom is 0.276 e. The Labute approximate surface area is 279 Å². The molecular weight excluding hydrogens is 623 g/mol. The Morgan fingerprint density at radius 1 is 0.917 bits per heavy atom. The zero-order valence-electron chi connectivity index (χ0n) is 26.7. The van der Waals surface area contributed by atoms with Gasteiger partial charge < -0.3 is 15.1 Å². The molecule has 7 rings (SSSR count). The Kier molecular flexibility index (Phi) is 8.47. The van der Waals surface area contributed by atoms with Crippen molar-refractivity contribution in [2.45, 2.75) is 28.7 Å². The highest BCUT2D eigenvalue weighted by molar-refractivity contribution is 7.91. The van der Waals surface area contributed by atoms with E-state index in [2.05, 4.69) is 39.4 Å². The van der Waals surface area contributed by atoms with Gasteiger partial charge in [-0.15, -0.1) is 0 Å². The number of nitrogens with zero attached hydrogens (tertiary/aromatic N) is 6. The van der Waals surface area contributed by atoms with Gasteiger partial charge in [0.1, 0.15) is 11.3 Å². The minimum absolute atomic E-state index is 0.0269. The first-order valence-electron chi connectivity index (χ1n) is 15.8. The number of anilines is 4. The molecule has 1 unspecified atom stereocenters. The lowest BCUT2D eigenvalue weighted by atomic mass is 9.98. The zero-order valence-corrected chi connectivity index (χ0v) is 27.5. The van der Waals surface area contributed by atoms with Gasteiger partial charge in [-0.1, -0.05) is 48.5 Å². The molecule has 3 aromatic heterocycles. The number of likely N-dealkylation sites (tertiary alicyclic amines) is 1. The Morgan fingerprint density at radius 3 is 2.35 bits per heavy atom. The molecule has 48 heavy (non-hydrogen) atoms. The number of hydrogen-bond donors (Lipinski definition) is 1. The van der Waals surface area contributed by atoms with E-state index >= 15 is 0 Å². The highest BCUT2D eigenvalue weighted by atomic mass is 32.2. The van der Waals surface area contributed by atoms with Gasteiger partial charge in [0, 0.05) is 42.7 Å². The Hall–Kier alpha value is -5.39. The molecule has 0 bridgehead atoms. The topological polar surface area (TPSA) is 113 Å². The number of fused-ring (bicyclic) bond motifs is 1. The third-order valence-corrected chi connectivity index (χ3v) is 10.7. The van der Waals surface area contributed by atoms with Crippen molar-refractivity contribution in [2.75, 3.05) is 37.4 Å². The second kappa shape index (κ2) is 13.0. The van der Waals surface area contributed by atoms with E-state index in [-0.39, 0.29) is 27.6 Å². The highest BCUT2D eigenvalue weighted by Crippen LogP contribution is 2.29. The summed E-state index contributed by atoms with van der Waals surface area (Å²) in [5.41, 5.74) is 3.54. The molecule has 1 aliphatic rings. The summed E-state index contributed by atoms with van der Waals surface area (Å²) in [5, 5.41) is 3.90. The molecule has 10 nitrogen and oxygen atoms in total. The summed E-state index contributed by atoms with van der Waals surface area (Å²) in [6.45, 7) is 2.01. The van der Waals surface area contributed by atoms with Crippen molar-refractivity contribution in [3.8, 4) is 0 Å². The van der Waals surface area contributed by atoms with E-state index in [1.807, 2.05) is 49.5 Å². The summed E-state index contributed by atoms with van der Waals surface area (Å²) in [7, 11) is 0.0396. The van der Waals surface area contributed by atoms with Gasteiger partial charge >= 0.3 is 0 Å². The van der Waals surface area contributed by atoms with Gasteiger partial charge in [-0.2, -0.15) is 4.98 Å². The second-order valence-corrected chi connectivity index (χ2v) is 14.0. The van der Waals surface area contributed by atoms with Crippen LogP contribution in [0.1, 0.15) is 23.6 Å². The fourth-order valence-corrected chi connectivity index (χ4v) is 7.67. The van der Waals surface area contributed by atoms with Gasteiger partial charge in [0.05, 0.1) is 22.0 Å². The minimum Gasteiger partial charge on any atom is -0.340 e. The normalized spacial score (nSPS) is 15.1. The van der Waals surface area contributed by atoms with Crippen LogP contribution in [0.4, 0.5) is 23.0 Å². The van der Waals surface area contributed by atoms with Crippen LogP contribution >= 0.6 is 0 Å². The lowest BCUT2D eigenvalue weighted by Gasteiger charge is -2.21. The van der Waals surface area contributed by atoms with Crippen molar-refractivity contribution < 1.29 is 8.42 Å². The molecular formula is C37H35N7O3S. The summed E-state index contributed by atoms with van der Waals surface area (Å²) >= 11 is 0. The number of aromatic nitrogens is 4. The van der Waals surface area contributed by atoms with Crippen LogP contribution in [0.2, 0.25) is 0 Å². The zero-order chi connectivity index (χ0) is 33.3. The van der Waals surface area contributed by atoms with E-state index in [1.54, 1.807) is 53.6 Å². The van der Waals surface area contributed by atoms with Crippen molar-refractivity contribution in [1.82, 2.24) is 24.4 Å². The average Bonchev–Trinajstić information content (AvgIpc) is 3.56. The number of rotatable bonds is 9. The summed E-state index contributed by atoms with van der Waals surface area (Å²) in [6.07, 6.45) is 4.34. The molecule has 0 radical (unpaired) electrons. The van der Waals surface area contributed by atoms with Crippen LogP contribution in [-0.4, -0.2) is 60.0 Å². The average molecular weight is 658 g/mol. The molecule has 1 saturated heterocycles. The van der Waals surface area contributed by atoms with Crippen molar-refractivity contribution in [2.24, 2.45) is 0 Å². The quantitative estimate of drug-likeness (QED) is 0.200. The lowest BCUT2D eigenvalue weighted by molar-refractivity contribution is 0.411. The number of likely N-dealkylation sites (N-methyl/N-ethyl adjacent to an activating group) is 1. The molecule has 1 N–H and O–H groups in total. The molecule has 0 aliphatic carbocycles. The van der Waals surface area contributed by atoms with Crippen LogP contribution in [0.5, 0.6) is 0 Å². The lowest BCUT2D eigenvalue weighted by Crippen LogP contribution is -2.29. The molecule has 242 valence electrons. The van der Waals surface area contributed by atoms with E-state index in [0.717, 1.165) is 30.9 Å². The van der Waals surface area contributed by atoms with Crippen molar-refractivity contribution in [1.29, 1.82) is 0 Å².